The Morgan fingerprint density at radius 2 is 0.582 bits per heavy atom. The molecule has 6 heterocycles. The monoisotopic (exact) mass is 1400 g/mol. The Morgan fingerprint density at radius 1 is 0.191 bits per heavy atom. The normalized spacial score (nSPS) is 12.0. The van der Waals surface area contributed by atoms with Gasteiger partial charge in [0.05, 0.1) is 66.6 Å². The number of benzene rings is 17. The first-order valence-corrected chi connectivity index (χ1v) is 37.5. The average Bonchev–Trinajstić information content (AvgIpc) is 1.55. The van der Waals surface area contributed by atoms with Gasteiger partial charge >= 0.3 is 0 Å². The van der Waals surface area contributed by atoms with Gasteiger partial charge in [0.25, 0.3) is 0 Å². The first-order chi connectivity index (χ1) is 54.6. The van der Waals surface area contributed by atoms with Crippen LogP contribution < -0.4 is 0 Å². The van der Waals surface area contributed by atoms with Crippen LogP contribution in [-0.4, -0.2) is 38.2 Å². The second-order valence-electron chi connectivity index (χ2n) is 28.8. The average molecular weight is 1400 g/mol. The van der Waals surface area contributed by atoms with Gasteiger partial charge in [-0.3, -0.25) is 9.13 Å². The van der Waals surface area contributed by atoms with E-state index in [0.717, 1.165) is 182 Å². The summed E-state index contributed by atoms with van der Waals surface area (Å²) in [4.78, 5) is 22.4. The number of hydrogen-bond acceptors (Lipinski definition) is 4. The Hall–Kier alpha value is -14.9. The van der Waals surface area contributed by atoms with Gasteiger partial charge in [0.1, 0.15) is 0 Å². The van der Waals surface area contributed by atoms with Crippen LogP contribution in [0.3, 0.4) is 0 Å². The minimum absolute atomic E-state index is 0.594. The minimum atomic E-state index is 0.594. The molecular weight excluding hydrogens is 1340 g/mol. The Labute approximate surface area is 631 Å². The van der Waals surface area contributed by atoms with E-state index in [2.05, 4.69) is 394 Å². The molecule has 23 rings (SSSR count). The molecule has 0 aliphatic heterocycles. The van der Waals surface area contributed by atoms with E-state index in [-0.39, 0.29) is 0 Å². The summed E-state index contributed by atoms with van der Waals surface area (Å²) >= 11 is 0. The lowest BCUT2D eigenvalue weighted by atomic mass is 9.92. The number of fused-ring (bicyclic) bond motifs is 16. The van der Waals surface area contributed by atoms with Gasteiger partial charge in [-0.05, 0) is 146 Å². The second-order valence-corrected chi connectivity index (χ2v) is 28.8. The smallest absolute Gasteiger partial charge is 0.235 e. The van der Waals surface area contributed by atoms with Crippen molar-refractivity contribution < 1.29 is 0 Å². The molecule has 8 nitrogen and oxygen atoms in total. The zero-order valence-corrected chi connectivity index (χ0v) is 59.4. The third-order valence-corrected chi connectivity index (χ3v) is 22.7. The summed E-state index contributed by atoms with van der Waals surface area (Å²) in [5.74, 6) is 1.21. The highest BCUT2D eigenvalue weighted by molar-refractivity contribution is 6.26. The number of aromatic nitrogens is 8. The molecule has 0 bridgehead atoms. The lowest BCUT2D eigenvalue weighted by Crippen LogP contribution is -2.04. The highest BCUT2D eigenvalue weighted by Crippen LogP contribution is 2.50. The molecule has 0 fully saturated rings. The zero-order valence-electron chi connectivity index (χ0n) is 59.4. The first kappa shape index (κ1) is 61.4. The van der Waals surface area contributed by atoms with Crippen molar-refractivity contribution in [3.63, 3.8) is 0 Å². The van der Waals surface area contributed by atoms with Crippen molar-refractivity contribution in [3.05, 3.63) is 376 Å². The van der Waals surface area contributed by atoms with E-state index in [4.69, 9.17) is 19.9 Å². The molecule has 0 amide bonds. The second kappa shape index (κ2) is 24.3. The molecule has 510 valence electrons. The Bertz CT molecular complexity index is 7690. The van der Waals surface area contributed by atoms with Crippen molar-refractivity contribution in [1.82, 2.24) is 38.2 Å². The summed E-state index contributed by atoms with van der Waals surface area (Å²) in [6, 6.07) is 137. The summed E-state index contributed by atoms with van der Waals surface area (Å²) in [5.41, 5.74) is 25.2. The SMILES string of the molecule is c1ccc(-c2ccc(-n3c4ccc(-c5cccc6c5c5cc7ccccc7c(-c7ccc(-n8c9ccccc9c9ccccc98)cc7)c5n6-c5nc(-c6ccccc6)c6ccccc6n5)cc4c4ccc(-c5c6ccccc6cc6c7ccccc7n(-c7nc(-c8ccccc8)c8ccccc8n7)c56)cc43)cc2)cc1. The van der Waals surface area contributed by atoms with Crippen LogP contribution in [0, 0.1) is 0 Å². The van der Waals surface area contributed by atoms with E-state index >= 15 is 0 Å². The maximum absolute atomic E-state index is 5.72. The van der Waals surface area contributed by atoms with Gasteiger partial charge in [-0.2, -0.15) is 0 Å². The van der Waals surface area contributed by atoms with Crippen LogP contribution in [0.5, 0.6) is 0 Å². The van der Waals surface area contributed by atoms with Crippen molar-refractivity contribution in [1.29, 1.82) is 0 Å². The van der Waals surface area contributed by atoms with Gasteiger partial charge in [0.15, 0.2) is 0 Å². The van der Waals surface area contributed by atoms with Crippen molar-refractivity contribution >= 4 is 131 Å². The minimum Gasteiger partial charge on any atom is -0.309 e. The fourth-order valence-corrected chi connectivity index (χ4v) is 17.9. The van der Waals surface area contributed by atoms with Gasteiger partial charge in [0.2, 0.25) is 11.9 Å². The van der Waals surface area contributed by atoms with Crippen LogP contribution in [0.15, 0.2) is 376 Å². The molecule has 8 heteroatoms. The third kappa shape index (κ3) is 9.39. The van der Waals surface area contributed by atoms with E-state index in [9.17, 15) is 0 Å². The van der Waals surface area contributed by atoms with Crippen LogP contribution in [0.1, 0.15) is 0 Å². The summed E-state index contributed by atoms with van der Waals surface area (Å²) in [6.45, 7) is 0. The number of rotatable bonds is 10. The van der Waals surface area contributed by atoms with Gasteiger partial charge in [-0.25, -0.2) is 19.9 Å². The Morgan fingerprint density at radius 3 is 1.16 bits per heavy atom. The van der Waals surface area contributed by atoms with Crippen LogP contribution in [0.2, 0.25) is 0 Å². The molecule has 17 aromatic carbocycles. The summed E-state index contributed by atoms with van der Waals surface area (Å²) in [6.07, 6.45) is 0. The fraction of sp³-hybridized carbons (Fsp3) is 0. The quantitative estimate of drug-likeness (QED) is 0.137. The highest BCUT2D eigenvalue weighted by Gasteiger charge is 2.28. The molecule has 0 saturated heterocycles. The topological polar surface area (TPSA) is 71.3 Å². The zero-order chi connectivity index (χ0) is 72.1. The van der Waals surface area contributed by atoms with Crippen molar-refractivity contribution in [2.24, 2.45) is 0 Å². The maximum atomic E-state index is 5.72. The molecule has 0 aliphatic rings. The van der Waals surface area contributed by atoms with Crippen molar-refractivity contribution in [2.45, 2.75) is 0 Å². The van der Waals surface area contributed by atoms with E-state index < -0.39 is 0 Å². The van der Waals surface area contributed by atoms with Gasteiger partial charge in [-0.1, -0.05) is 285 Å². The third-order valence-electron chi connectivity index (χ3n) is 22.7. The molecule has 110 heavy (non-hydrogen) atoms. The molecule has 6 aromatic heterocycles. The predicted octanol–water partition coefficient (Wildman–Crippen LogP) is 26.3. The Balaban J connectivity index is 0.779. The van der Waals surface area contributed by atoms with E-state index in [1.165, 1.54) is 27.4 Å². The lowest BCUT2D eigenvalue weighted by Gasteiger charge is -2.16. The molecule has 0 radical (unpaired) electrons. The highest BCUT2D eigenvalue weighted by atomic mass is 15.2. The van der Waals surface area contributed by atoms with E-state index in [0.29, 0.717) is 11.9 Å². The van der Waals surface area contributed by atoms with Crippen LogP contribution in [-0.2, 0) is 0 Å². The standard InChI is InChI=1S/C102H62N8/c1-4-25-63(26-5-1)64-47-53-73(54-48-64)108-91-58-52-70(59-83(91)80-57-51-71(62-93(80)108)95-75-34-13-10-31-68(75)60-84-79-37-18-23-45-90(79)109(99(84)95)101-103-86-41-19-14-38-81(86)97(105-101)66-27-6-2-7-28-66)76-40-24-46-92-96(76)85-61-69-32-11-12-33-74(69)94(65-49-55-72(56-50-65)107-88-43-21-16-35-77(88)78-36-17-22-44-89(78)107)100(85)110(92)102-104-87-42-20-15-39-82(87)98(106-102)67-29-8-3-9-30-67/h1-62H. The lowest BCUT2D eigenvalue weighted by molar-refractivity contribution is 1.01. The van der Waals surface area contributed by atoms with Crippen molar-refractivity contribution in [3.8, 4) is 90.3 Å². The molecule has 0 spiro atoms. The number of para-hydroxylation sites is 5. The summed E-state index contributed by atoms with van der Waals surface area (Å²) in [5, 5.41) is 15.7. The van der Waals surface area contributed by atoms with Crippen LogP contribution in [0.4, 0.5) is 0 Å². The van der Waals surface area contributed by atoms with Gasteiger partial charge in [0, 0.05) is 87.5 Å². The summed E-state index contributed by atoms with van der Waals surface area (Å²) < 4.78 is 9.55. The largest absolute Gasteiger partial charge is 0.309 e. The molecular formula is C102H62N8. The number of hydrogen-bond donors (Lipinski definition) is 0. The molecule has 0 atom stereocenters. The predicted molar refractivity (Wildman–Crippen MR) is 458 cm³/mol. The van der Waals surface area contributed by atoms with Gasteiger partial charge in [-0.15, -0.1) is 0 Å². The molecule has 0 aliphatic carbocycles. The Kier molecular flexibility index (Phi) is 13.6. The molecule has 0 unspecified atom stereocenters. The van der Waals surface area contributed by atoms with E-state index in [1.807, 2.05) is 0 Å². The van der Waals surface area contributed by atoms with E-state index in [1.54, 1.807) is 0 Å². The fourth-order valence-electron chi connectivity index (χ4n) is 17.9. The molecule has 23 aromatic rings. The van der Waals surface area contributed by atoms with Gasteiger partial charge < -0.3 is 9.13 Å². The van der Waals surface area contributed by atoms with Crippen LogP contribution >= 0.6 is 0 Å². The van der Waals surface area contributed by atoms with Crippen molar-refractivity contribution in [2.75, 3.05) is 0 Å². The molecule has 0 N–H and O–H groups in total. The first-order valence-electron chi connectivity index (χ1n) is 37.5. The summed E-state index contributed by atoms with van der Waals surface area (Å²) in [7, 11) is 0. The molecule has 0 saturated carbocycles. The van der Waals surface area contributed by atoms with Crippen LogP contribution in [0.25, 0.3) is 221 Å². The number of nitrogens with zero attached hydrogens (tertiary/aromatic N) is 8. The maximum Gasteiger partial charge on any atom is 0.235 e.